The molecule has 1 aromatic rings. The number of benzene rings is 1. The summed E-state index contributed by atoms with van der Waals surface area (Å²) in [6.07, 6.45) is 4.37. The van der Waals surface area contributed by atoms with Gasteiger partial charge in [0.15, 0.2) is 0 Å². The van der Waals surface area contributed by atoms with Crippen LogP contribution < -0.4 is 10.7 Å². The SMILES string of the molecule is N#C/C(C(=S)Nc1ccccc1)=C1/NN=C2CCCCCN21. The molecule has 0 saturated carbocycles. The molecule has 1 fully saturated rings. The minimum Gasteiger partial charge on any atom is -0.345 e. The Labute approximate surface area is 135 Å². The molecule has 5 nitrogen and oxygen atoms in total. The molecule has 3 rings (SSSR count). The summed E-state index contributed by atoms with van der Waals surface area (Å²) in [7, 11) is 0. The van der Waals surface area contributed by atoms with Gasteiger partial charge in [-0.05, 0) is 25.0 Å². The van der Waals surface area contributed by atoms with Gasteiger partial charge in [0, 0.05) is 18.7 Å². The van der Waals surface area contributed by atoms with E-state index in [0.29, 0.717) is 16.4 Å². The van der Waals surface area contributed by atoms with Gasteiger partial charge >= 0.3 is 0 Å². The molecule has 22 heavy (non-hydrogen) atoms. The molecule has 112 valence electrons. The average molecular weight is 311 g/mol. The largest absolute Gasteiger partial charge is 0.345 e. The van der Waals surface area contributed by atoms with Crippen molar-refractivity contribution in [3.8, 4) is 6.07 Å². The third-order valence-corrected chi connectivity index (χ3v) is 4.07. The highest BCUT2D eigenvalue weighted by Crippen LogP contribution is 2.23. The molecule has 2 aliphatic rings. The first-order chi connectivity index (χ1) is 10.8. The Morgan fingerprint density at radius 2 is 2.09 bits per heavy atom. The second-order valence-electron chi connectivity index (χ2n) is 5.26. The van der Waals surface area contributed by atoms with Gasteiger partial charge in [0.05, 0.1) is 0 Å². The topological polar surface area (TPSA) is 63.5 Å². The molecular weight excluding hydrogens is 294 g/mol. The lowest BCUT2D eigenvalue weighted by molar-refractivity contribution is 0.495. The fraction of sp³-hybridized carbons (Fsp3) is 0.312. The summed E-state index contributed by atoms with van der Waals surface area (Å²) in [5, 5.41) is 17.0. The summed E-state index contributed by atoms with van der Waals surface area (Å²) in [6, 6.07) is 11.8. The van der Waals surface area contributed by atoms with Crippen LogP contribution in [-0.4, -0.2) is 22.3 Å². The fourth-order valence-corrected chi connectivity index (χ4v) is 2.91. The monoisotopic (exact) mass is 311 g/mol. The van der Waals surface area contributed by atoms with E-state index in [2.05, 4.69) is 26.8 Å². The van der Waals surface area contributed by atoms with E-state index in [1.807, 2.05) is 30.3 Å². The highest BCUT2D eigenvalue weighted by Gasteiger charge is 2.28. The Balaban J connectivity index is 1.84. The molecule has 0 radical (unpaired) electrons. The molecule has 2 N–H and O–H groups in total. The van der Waals surface area contributed by atoms with Crippen LogP contribution in [0.25, 0.3) is 0 Å². The Kier molecular flexibility index (Phi) is 4.35. The molecule has 0 bridgehead atoms. The van der Waals surface area contributed by atoms with Crippen LogP contribution >= 0.6 is 12.2 Å². The summed E-state index contributed by atoms with van der Waals surface area (Å²) in [5.41, 5.74) is 4.29. The summed E-state index contributed by atoms with van der Waals surface area (Å²) < 4.78 is 0. The van der Waals surface area contributed by atoms with Crippen molar-refractivity contribution >= 4 is 28.7 Å². The van der Waals surface area contributed by atoms with Gasteiger partial charge in [0.1, 0.15) is 28.3 Å². The van der Waals surface area contributed by atoms with E-state index in [4.69, 9.17) is 12.2 Å². The predicted molar refractivity (Wildman–Crippen MR) is 91.0 cm³/mol. The number of nitrogens with zero attached hydrogens (tertiary/aromatic N) is 3. The molecule has 2 heterocycles. The van der Waals surface area contributed by atoms with Crippen molar-refractivity contribution in [3.63, 3.8) is 0 Å². The fourth-order valence-electron chi connectivity index (χ4n) is 2.65. The van der Waals surface area contributed by atoms with Gasteiger partial charge in [-0.2, -0.15) is 10.4 Å². The van der Waals surface area contributed by atoms with Gasteiger partial charge in [-0.15, -0.1) is 0 Å². The predicted octanol–water partition coefficient (Wildman–Crippen LogP) is 2.95. The van der Waals surface area contributed by atoms with Crippen molar-refractivity contribution in [1.82, 2.24) is 10.3 Å². The zero-order chi connectivity index (χ0) is 15.4. The Morgan fingerprint density at radius 3 is 2.86 bits per heavy atom. The lowest BCUT2D eigenvalue weighted by atomic mass is 10.2. The van der Waals surface area contributed by atoms with E-state index in [0.717, 1.165) is 37.3 Å². The maximum Gasteiger partial charge on any atom is 0.149 e. The number of nitrogens with one attached hydrogen (secondary N) is 2. The third-order valence-electron chi connectivity index (χ3n) is 3.76. The van der Waals surface area contributed by atoms with Crippen molar-refractivity contribution in [1.29, 1.82) is 5.26 Å². The molecule has 6 heteroatoms. The molecule has 0 amide bonds. The average Bonchev–Trinajstić information content (AvgIpc) is 2.78. The normalized spacial score (nSPS) is 19.2. The lowest BCUT2D eigenvalue weighted by Gasteiger charge is -2.20. The molecular formula is C16H17N5S. The summed E-state index contributed by atoms with van der Waals surface area (Å²) in [5.74, 6) is 1.70. The summed E-state index contributed by atoms with van der Waals surface area (Å²) >= 11 is 5.41. The maximum atomic E-state index is 9.54. The number of hydrogen-bond donors (Lipinski definition) is 2. The van der Waals surface area contributed by atoms with Crippen LogP contribution in [0.4, 0.5) is 5.69 Å². The Bertz CT molecular complexity index is 672. The number of thiocarbonyl (C=S) groups is 1. The second kappa shape index (κ2) is 6.58. The minimum absolute atomic E-state index is 0.414. The first-order valence-corrected chi connectivity index (χ1v) is 7.81. The second-order valence-corrected chi connectivity index (χ2v) is 5.67. The number of hydrazone groups is 1. The molecule has 2 aliphatic heterocycles. The summed E-state index contributed by atoms with van der Waals surface area (Å²) in [6.45, 7) is 0.875. The van der Waals surface area contributed by atoms with Gasteiger partial charge in [-0.1, -0.05) is 36.8 Å². The zero-order valence-electron chi connectivity index (χ0n) is 12.2. The Hall–Kier alpha value is -2.39. The van der Waals surface area contributed by atoms with Crippen LogP contribution in [0.1, 0.15) is 25.7 Å². The van der Waals surface area contributed by atoms with E-state index in [-0.39, 0.29) is 0 Å². The molecule has 0 atom stereocenters. The van der Waals surface area contributed by atoms with Crippen molar-refractivity contribution in [3.05, 3.63) is 41.7 Å². The standard InChI is InChI=1S/C16H17N5S/c17-11-13(16(22)18-12-7-3-1-4-8-12)15-20-19-14-9-5-2-6-10-21(14)15/h1,3-4,7-8,20H,2,5-6,9-10H2,(H,18,22)/b15-13+. The number of nitriles is 1. The molecule has 0 unspecified atom stereocenters. The van der Waals surface area contributed by atoms with Crippen LogP contribution in [-0.2, 0) is 0 Å². The quantitative estimate of drug-likeness (QED) is 0.499. The van der Waals surface area contributed by atoms with Crippen molar-refractivity contribution in [2.24, 2.45) is 5.10 Å². The first kappa shape index (κ1) is 14.5. The maximum absolute atomic E-state index is 9.54. The van der Waals surface area contributed by atoms with Crippen LogP contribution in [0, 0.1) is 11.3 Å². The van der Waals surface area contributed by atoms with E-state index < -0.39 is 0 Å². The van der Waals surface area contributed by atoms with E-state index in [1.165, 1.54) is 6.42 Å². The molecule has 1 saturated heterocycles. The van der Waals surface area contributed by atoms with Crippen LogP contribution in [0.5, 0.6) is 0 Å². The first-order valence-electron chi connectivity index (χ1n) is 7.40. The number of fused-ring (bicyclic) bond motifs is 1. The van der Waals surface area contributed by atoms with Crippen molar-refractivity contribution in [2.45, 2.75) is 25.7 Å². The smallest absolute Gasteiger partial charge is 0.149 e. The van der Waals surface area contributed by atoms with Crippen LogP contribution in [0.15, 0.2) is 46.8 Å². The van der Waals surface area contributed by atoms with Gasteiger partial charge in [0.2, 0.25) is 0 Å². The van der Waals surface area contributed by atoms with Crippen LogP contribution in [0.2, 0.25) is 0 Å². The number of anilines is 1. The number of rotatable bonds is 2. The van der Waals surface area contributed by atoms with Gasteiger partial charge in [-0.3, -0.25) is 5.43 Å². The number of para-hydroxylation sites is 1. The number of amidine groups is 1. The Morgan fingerprint density at radius 1 is 1.27 bits per heavy atom. The lowest BCUT2D eigenvalue weighted by Crippen LogP contribution is -2.30. The highest BCUT2D eigenvalue weighted by atomic mass is 32.1. The molecule has 0 aromatic heterocycles. The summed E-state index contributed by atoms with van der Waals surface area (Å²) in [4.78, 5) is 2.50. The zero-order valence-corrected chi connectivity index (χ0v) is 13.0. The van der Waals surface area contributed by atoms with Crippen molar-refractivity contribution < 1.29 is 0 Å². The van der Waals surface area contributed by atoms with E-state index in [1.54, 1.807) is 0 Å². The third kappa shape index (κ3) is 2.95. The van der Waals surface area contributed by atoms with E-state index >= 15 is 0 Å². The highest BCUT2D eigenvalue weighted by molar-refractivity contribution is 7.81. The van der Waals surface area contributed by atoms with Gasteiger partial charge in [0.25, 0.3) is 0 Å². The minimum atomic E-state index is 0.414. The van der Waals surface area contributed by atoms with Crippen molar-refractivity contribution in [2.75, 3.05) is 11.9 Å². The molecule has 1 aromatic carbocycles. The van der Waals surface area contributed by atoms with E-state index in [9.17, 15) is 5.26 Å². The molecule has 0 spiro atoms. The number of hydrogen-bond acceptors (Lipinski definition) is 5. The molecule has 0 aliphatic carbocycles. The van der Waals surface area contributed by atoms with Gasteiger partial charge < -0.3 is 10.2 Å². The van der Waals surface area contributed by atoms with Gasteiger partial charge in [-0.25, -0.2) is 0 Å². The van der Waals surface area contributed by atoms with Crippen LogP contribution in [0.3, 0.4) is 0 Å².